The van der Waals surface area contributed by atoms with Gasteiger partial charge in [-0.2, -0.15) is 0 Å². The zero-order chi connectivity index (χ0) is 25.3. The van der Waals surface area contributed by atoms with E-state index in [-0.39, 0.29) is 6.61 Å². The Kier molecular flexibility index (Phi) is 7.12. The molecule has 34 heavy (non-hydrogen) atoms. The molecule has 0 aromatic heterocycles. The van der Waals surface area contributed by atoms with Gasteiger partial charge in [-0.3, -0.25) is 9.69 Å². The van der Waals surface area contributed by atoms with Crippen LogP contribution in [0.3, 0.4) is 0 Å². The third-order valence-corrected chi connectivity index (χ3v) is 5.64. The predicted molar refractivity (Wildman–Crippen MR) is 128 cm³/mol. The molecule has 1 atom stereocenters. The molecule has 2 aromatic rings. The summed E-state index contributed by atoms with van der Waals surface area (Å²) in [5.41, 5.74) is 0.898. The fourth-order valence-corrected chi connectivity index (χ4v) is 4.10. The molecule has 0 unspecified atom stereocenters. The molecule has 8 nitrogen and oxygen atoms in total. The monoisotopic (exact) mass is 471 g/mol. The van der Waals surface area contributed by atoms with E-state index in [0.29, 0.717) is 33.9 Å². The highest BCUT2D eigenvalue weighted by Gasteiger charge is 2.46. The van der Waals surface area contributed by atoms with Crippen molar-refractivity contribution in [2.24, 2.45) is 0 Å². The summed E-state index contributed by atoms with van der Waals surface area (Å²) in [6, 6.07) is 8.53. The van der Waals surface area contributed by atoms with Gasteiger partial charge in [0.2, 0.25) is 0 Å². The van der Waals surface area contributed by atoms with Crippen LogP contribution in [0.25, 0.3) is 11.1 Å². The minimum atomic E-state index is -0.862. The van der Waals surface area contributed by atoms with E-state index in [2.05, 4.69) is 0 Å². The van der Waals surface area contributed by atoms with E-state index in [9.17, 15) is 9.59 Å². The van der Waals surface area contributed by atoms with Crippen molar-refractivity contribution in [1.29, 1.82) is 0 Å². The Labute approximate surface area is 200 Å². The lowest BCUT2D eigenvalue weighted by molar-refractivity contribution is -0.0626. The molecular weight excluding hydrogens is 438 g/mol. The van der Waals surface area contributed by atoms with Crippen molar-refractivity contribution < 1.29 is 33.3 Å². The number of amides is 1. The molecule has 1 saturated heterocycles. The average Bonchev–Trinajstić information content (AvgIpc) is 3.11. The lowest BCUT2D eigenvalue weighted by Crippen LogP contribution is -2.47. The molecule has 0 bridgehead atoms. The first-order valence-corrected chi connectivity index (χ1v) is 11.0. The number of nitrogens with zero attached hydrogens (tertiary/aromatic N) is 1. The number of hydrogen-bond donors (Lipinski definition) is 0. The summed E-state index contributed by atoms with van der Waals surface area (Å²) in [6.45, 7) is 9.43. The van der Waals surface area contributed by atoms with Gasteiger partial charge in [-0.1, -0.05) is 6.07 Å². The van der Waals surface area contributed by atoms with E-state index in [1.165, 1.54) is 14.2 Å². The normalized spacial score (nSPS) is 17.3. The Bertz CT molecular complexity index is 1070. The van der Waals surface area contributed by atoms with Gasteiger partial charge in [-0.05, 0) is 58.4 Å². The Morgan fingerprint density at radius 3 is 2.29 bits per heavy atom. The Morgan fingerprint density at radius 1 is 1.06 bits per heavy atom. The maximum Gasteiger partial charge on any atom is 0.413 e. The zero-order valence-electron chi connectivity index (χ0n) is 21.1. The van der Waals surface area contributed by atoms with Gasteiger partial charge < -0.3 is 23.7 Å². The van der Waals surface area contributed by atoms with E-state index >= 15 is 0 Å². The molecule has 0 saturated carbocycles. The van der Waals surface area contributed by atoms with Gasteiger partial charge in [-0.25, -0.2) is 4.79 Å². The highest BCUT2D eigenvalue weighted by molar-refractivity contribution is 5.93. The van der Waals surface area contributed by atoms with Gasteiger partial charge in [-0.15, -0.1) is 0 Å². The van der Waals surface area contributed by atoms with Crippen molar-refractivity contribution >= 4 is 12.4 Å². The SMILES string of the molecule is COc1cc(C=O)c(-c2cc([C@@H]3COC(C)(C)N3C(=O)OC(C)(C)C)ccc2OC)c(OC)c1. The van der Waals surface area contributed by atoms with Crippen molar-refractivity contribution in [3.8, 4) is 28.4 Å². The molecule has 1 fully saturated rings. The summed E-state index contributed by atoms with van der Waals surface area (Å²) in [4.78, 5) is 26.7. The van der Waals surface area contributed by atoms with Crippen LogP contribution in [0.1, 0.15) is 56.6 Å². The molecule has 0 N–H and O–H groups in total. The molecule has 1 heterocycles. The molecular formula is C26H33NO7. The lowest BCUT2D eigenvalue weighted by Gasteiger charge is -2.35. The van der Waals surface area contributed by atoms with Crippen LogP contribution in [-0.2, 0) is 9.47 Å². The highest BCUT2D eigenvalue weighted by atomic mass is 16.6. The van der Waals surface area contributed by atoms with Crippen LogP contribution in [0, 0.1) is 0 Å². The molecule has 2 aromatic carbocycles. The van der Waals surface area contributed by atoms with Crippen molar-refractivity contribution in [1.82, 2.24) is 4.90 Å². The van der Waals surface area contributed by atoms with Gasteiger partial charge in [0.1, 0.15) is 28.6 Å². The topological polar surface area (TPSA) is 83.5 Å². The smallest absolute Gasteiger partial charge is 0.413 e. The molecule has 0 spiro atoms. The second-order valence-corrected chi connectivity index (χ2v) is 9.50. The third-order valence-electron chi connectivity index (χ3n) is 5.64. The van der Waals surface area contributed by atoms with E-state index in [0.717, 1.165) is 11.8 Å². The van der Waals surface area contributed by atoms with E-state index in [4.69, 9.17) is 23.7 Å². The minimum absolute atomic E-state index is 0.290. The Balaban J connectivity index is 2.16. The number of ether oxygens (including phenoxy) is 5. The maximum absolute atomic E-state index is 13.1. The summed E-state index contributed by atoms with van der Waals surface area (Å²) in [5.74, 6) is 1.51. The first kappa shape index (κ1) is 25.4. The molecule has 1 aliphatic heterocycles. The van der Waals surface area contributed by atoms with Crippen molar-refractivity contribution in [2.75, 3.05) is 27.9 Å². The Hall–Kier alpha value is -3.26. The van der Waals surface area contributed by atoms with Gasteiger partial charge in [0.25, 0.3) is 0 Å². The van der Waals surface area contributed by atoms with Gasteiger partial charge >= 0.3 is 6.09 Å². The van der Waals surface area contributed by atoms with Crippen molar-refractivity contribution in [3.63, 3.8) is 0 Å². The molecule has 0 aliphatic carbocycles. The summed E-state index contributed by atoms with van der Waals surface area (Å²) in [7, 11) is 4.61. The van der Waals surface area contributed by atoms with Gasteiger partial charge in [0, 0.05) is 22.8 Å². The van der Waals surface area contributed by atoms with Crippen LogP contribution in [0.5, 0.6) is 17.2 Å². The number of carbonyl (C=O) groups is 2. The third kappa shape index (κ3) is 4.97. The predicted octanol–water partition coefficient (Wildman–Crippen LogP) is 5.24. The molecule has 0 radical (unpaired) electrons. The van der Waals surface area contributed by atoms with Crippen LogP contribution >= 0.6 is 0 Å². The fourth-order valence-electron chi connectivity index (χ4n) is 4.10. The van der Waals surface area contributed by atoms with Crippen LogP contribution in [0.4, 0.5) is 4.79 Å². The Morgan fingerprint density at radius 2 is 1.74 bits per heavy atom. The number of aldehydes is 1. The number of methoxy groups -OCH3 is 3. The maximum atomic E-state index is 13.1. The standard InChI is InChI=1S/C26H33NO7/c1-25(2,3)34-24(29)27-20(15-33-26(27,4)5)16-9-10-21(31-7)19(12-16)23-17(14-28)11-18(30-6)13-22(23)32-8/h9-14,20H,15H2,1-8H3/t20-/m0/s1. The summed E-state index contributed by atoms with van der Waals surface area (Å²) < 4.78 is 28.2. The minimum Gasteiger partial charge on any atom is -0.497 e. The first-order chi connectivity index (χ1) is 16.0. The number of hydrogen-bond acceptors (Lipinski definition) is 7. The highest BCUT2D eigenvalue weighted by Crippen LogP contribution is 2.44. The van der Waals surface area contributed by atoms with Crippen LogP contribution in [0.15, 0.2) is 30.3 Å². The first-order valence-electron chi connectivity index (χ1n) is 11.0. The fraction of sp³-hybridized carbons (Fsp3) is 0.462. The van der Waals surface area contributed by atoms with Gasteiger partial charge in [0.05, 0.1) is 34.0 Å². The zero-order valence-corrected chi connectivity index (χ0v) is 21.1. The molecule has 3 rings (SSSR count). The molecule has 8 heteroatoms. The van der Waals surface area contributed by atoms with Crippen LogP contribution < -0.4 is 14.2 Å². The van der Waals surface area contributed by atoms with E-state index in [1.807, 2.05) is 52.8 Å². The second kappa shape index (κ2) is 9.54. The lowest BCUT2D eigenvalue weighted by atomic mass is 9.94. The quantitative estimate of drug-likeness (QED) is 0.533. The average molecular weight is 472 g/mol. The second-order valence-electron chi connectivity index (χ2n) is 9.50. The largest absolute Gasteiger partial charge is 0.497 e. The number of rotatable bonds is 6. The van der Waals surface area contributed by atoms with E-state index in [1.54, 1.807) is 24.1 Å². The molecule has 184 valence electrons. The molecule has 1 aliphatic rings. The van der Waals surface area contributed by atoms with Gasteiger partial charge in [0.15, 0.2) is 6.29 Å². The van der Waals surface area contributed by atoms with Crippen molar-refractivity contribution in [2.45, 2.75) is 52.0 Å². The van der Waals surface area contributed by atoms with Crippen molar-refractivity contribution in [3.05, 3.63) is 41.5 Å². The van der Waals surface area contributed by atoms with E-state index < -0.39 is 23.5 Å². The summed E-state index contributed by atoms with van der Waals surface area (Å²) in [5, 5.41) is 0. The van der Waals surface area contributed by atoms with Crippen LogP contribution in [0.2, 0.25) is 0 Å². The van der Waals surface area contributed by atoms with Crippen LogP contribution in [-0.4, -0.2) is 56.5 Å². The summed E-state index contributed by atoms with van der Waals surface area (Å²) in [6.07, 6.45) is 0.286. The molecule has 1 amide bonds. The number of benzene rings is 2. The number of carbonyl (C=O) groups excluding carboxylic acids is 2. The summed E-state index contributed by atoms with van der Waals surface area (Å²) >= 11 is 0.